The van der Waals surface area contributed by atoms with Crippen LogP contribution in [-0.2, 0) is 26.2 Å². The van der Waals surface area contributed by atoms with E-state index in [1.54, 1.807) is 49.6 Å². The van der Waals surface area contributed by atoms with Gasteiger partial charge >= 0.3 is 5.97 Å². The van der Waals surface area contributed by atoms with Gasteiger partial charge in [0.2, 0.25) is 5.91 Å². The van der Waals surface area contributed by atoms with Crippen LogP contribution in [0, 0.1) is 5.82 Å². The monoisotopic (exact) mass is 668 g/mol. The highest BCUT2D eigenvalue weighted by Gasteiger charge is 2.35. The SMILES string of the molecule is COC(=O)c1ccc(-c2ccc(Oc3cc4c(cc3OCC3CCCCO3)CCN[C@]4(C)CC(=O)Nc3cccc(OC)c3)cc2F)cc1. The van der Waals surface area contributed by atoms with E-state index in [0.29, 0.717) is 59.4 Å². The number of halogens is 1. The van der Waals surface area contributed by atoms with Crippen LogP contribution in [0.4, 0.5) is 10.1 Å². The summed E-state index contributed by atoms with van der Waals surface area (Å²) in [7, 11) is 2.90. The van der Waals surface area contributed by atoms with E-state index in [1.807, 2.05) is 37.3 Å². The van der Waals surface area contributed by atoms with Crippen molar-refractivity contribution in [3.63, 3.8) is 0 Å². The molecular weight excluding hydrogens is 627 g/mol. The molecule has 6 rings (SSSR count). The summed E-state index contributed by atoms with van der Waals surface area (Å²) in [6, 6.07) is 22.3. The molecule has 2 aliphatic heterocycles. The number of nitrogens with one attached hydrogen (secondary N) is 2. The Kier molecular flexibility index (Phi) is 10.5. The Labute approximate surface area is 285 Å². The molecule has 10 heteroatoms. The van der Waals surface area contributed by atoms with Crippen molar-refractivity contribution < 1.29 is 37.7 Å². The largest absolute Gasteiger partial charge is 0.497 e. The molecule has 0 radical (unpaired) electrons. The number of amides is 1. The van der Waals surface area contributed by atoms with Gasteiger partial charge in [0.05, 0.1) is 25.9 Å². The number of fused-ring (bicyclic) bond motifs is 1. The minimum Gasteiger partial charge on any atom is -0.497 e. The standard InChI is InChI=1S/C39H41FN2O7/c1-39(23-37(43)42-28-7-6-9-29(20-28)45-2)33-22-36(35(19-27(33)16-17-41-39)48-24-31-8-4-5-18-47-31)49-30-14-15-32(34(40)21-30)25-10-12-26(13-11-25)38(44)46-3/h6-7,9-15,19-22,31,41H,4-5,8,16-18,23-24H2,1-3H3,(H,42,43)/t31?,39-/m1/s1. The van der Waals surface area contributed by atoms with E-state index in [9.17, 15) is 9.59 Å². The third-order valence-corrected chi connectivity index (χ3v) is 9.03. The number of esters is 1. The van der Waals surface area contributed by atoms with Gasteiger partial charge in [0, 0.05) is 48.5 Å². The molecule has 0 bridgehead atoms. The van der Waals surface area contributed by atoms with Crippen molar-refractivity contribution in [2.45, 2.75) is 50.7 Å². The van der Waals surface area contributed by atoms with Crippen molar-refractivity contribution in [3.05, 3.63) is 101 Å². The topological polar surface area (TPSA) is 104 Å². The second-order valence-corrected chi connectivity index (χ2v) is 12.5. The summed E-state index contributed by atoms with van der Waals surface area (Å²) in [4.78, 5) is 25.2. The quantitative estimate of drug-likeness (QED) is 0.159. The number of benzene rings is 4. The lowest BCUT2D eigenvalue weighted by atomic mass is 9.81. The van der Waals surface area contributed by atoms with Gasteiger partial charge in [-0.3, -0.25) is 4.79 Å². The van der Waals surface area contributed by atoms with Crippen LogP contribution in [0.1, 0.15) is 54.1 Å². The second-order valence-electron chi connectivity index (χ2n) is 12.5. The van der Waals surface area contributed by atoms with Crippen molar-refractivity contribution >= 4 is 17.6 Å². The van der Waals surface area contributed by atoms with Crippen molar-refractivity contribution in [2.75, 3.05) is 39.3 Å². The van der Waals surface area contributed by atoms with E-state index in [0.717, 1.165) is 36.8 Å². The minimum atomic E-state index is -0.717. The average molecular weight is 669 g/mol. The highest BCUT2D eigenvalue weighted by Crippen LogP contribution is 2.42. The van der Waals surface area contributed by atoms with Gasteiger partial charge in [0.15, 0.2) is 11.5 Å². The van der Waals surface area contributed by atoms with Gasteiger partial charge in [-0.25, -0.2) is 9.18 Å². The molecule has 2 aliphatic rings. The first kappa shape index (κ1) is 34.0. The Hall–Kier alpha value is -4.93. The highest BCUT2D eigenvalue weighted by molar-refractivity contribution is 5.92. The van der Waals surface area contributed by atoms with Crippen LogP contribution in [-0.4, -0.2) is 52.0 Å². The van der Waals surface area contributed by atoms with Gasteiger partial charge in [-0.1, -0.05) is 18.2 Å². The van der Waals surface area contributed by atoms with Gasteiger partial charge in [-0.05, 0) is 97.8 Å². The number of carbonyl (C=O) groups excluding carboxylic acids is 2. The smallest absolute Gasteiger partial charge is 0.337 e. The predicted molar refractivity (Wildman–Crippen MR) is 184 cm³/mol. The molecule has 1 saturated heterocycles. The van der Waals surface area contributed by atoms with E-state index in [1.165, 1.54) is 13.2 Å². The molecule has 49 heavy (non-hydrogen) atoms. The molecule has 0 spiro atoms. The fraction of sp³-hybridized carbons (Fsp3) is 0.333. The fourth-order valence-electron chi connectivity index (χ4n) is 6.41. The van der Waals surface area contributed by atoms with E-state index >= 15 is 4.39 Å². The average Bonchev–Trinajstić information content (AvgIpc) is 3.11. The summed E-state index contributed by atoms with van der Waals surface area (Å²) in [5.41, 5.74) is 3.22. The Morgan fingerprint density at radius 1 is 0.980 bits per heavy atom. The first-order valence-electron chi connectivity index (χ1n) is 16.5. The number of carbonyl (C=O) groups is 2. The summed E-state index contributed by atoms with van der Waals surface area (Å²) in [5.74, 6) is 0.767. The van der Waals surface area contributed by atoms with Crippen molar-refractivity contribution in [3.8, 4) is 34.1 Å². The Bertz CT molecular complexity index is 1810. The maximum Gasteiger partial charge on any atom is 0.337 e. The Balaban J connectivity index is 1.28. The molecule has 1 amide bonds. The summed E-state index contributed by atoms with van der Waals surface area (Å²) < 4.78 is 44.2. The summed E-state index contributed by atoms with van der Waals surface area (Å²) in [6.45, 7) is 3.74. The van der Waals surface area contributed by atoms with Crippen LogP contribution in [0.3, 0.4) is 0 Å². The number of ether oxygens (including phenoxy) is 5. The lowest BCUT2D eigenvalue weighted by Crippen LogP contribution is -2.47. The number of methoxy groups -OCH3 is 2. The molecule has 4 aromatic rings. The van der Waals surface area contributed by atoms with Gasteiger partial charge in [-0.2, -0.15) is 0 Å². The van der Waals surface area contributed by atoms with Crippen molar-refractivity contribution in [1.82, 2.24) is 5.32 Å². The predicted octanol–water partition coefficient (Wildman–Crippen LogP) is 7.42. The highest BCUT2D eigenvalue weighted by atomic mass is 19.1. The lowest BCUT2D eigenvalue weighted by Gasteiger charge is -2.37. The number of hydrogen-bond acceptors (Lipinski definition) is 8. The first-order chi connectivity index (χ1) is 23.7. The van der Waals surface area contributed by atoms with Crippen LogP contribution in [0.2, 0.25) is 0 Å². The molecule has 2 atom stereocenters. The molecule has 0 aliphatic carbocycles. The van der Waals surface area contributed by atoms with Gasteiger partial charge in [0.25, 0.3) is 0 Å². The summed E-state index contributed by atoms with van der Waals surface area (Å²) in [6.07, 6.45) is 3.91. The van der Waals surface area contributed by atoms with Gasteiger partial charge < -0.3 is 34.3 Å². The zero-order valence-electron chi connectivity index (χ0n) is 28.0. The van der Waals surface area contributed by atoms with Crippen LogP contribution in [0.25, 0.3) is 11.1 Å². The third-order valence-electron chi connectivity index (χ3n) is 9.03. The molecule has 2 N–H and O–H groups in total. The fourth-order valence-corrected chi connectivity index (χ4v) is 6.41. The van der Waals surface area contributed by atoms with Gasteiger partial charge in [-0.15, -0.1) is 0 Å². The molecule has 2 heterocycles. The maximum atomic E-state index is 15.5. The lowest BCUT2D eigenvalue weighted by molar-refractivity contribution is -0.117. The van der Waals surface area contributed by atoms with Crippen LogP contribution in [0.15, 0.2) is 78.9 Å². The zero-order chi connectivity index (χ0) is 34.4. The van der Waals surface area contributed by atoms with Crippen molar-refractivity contribution in [1.29, 1.82) is 0 Å². The minimum absolute atomic E-state index is 0.0211. The molecule has 9 nitrogen and oxygen atoms in total. The number of hydrogen-bond donors (Lipinski definition) is 2. The molecule has 4 aromatic carbocycles. The number of rotatable bonds is 11. The van der Waals surface area contributed by atoms with E-state index in [2.05, 4.69) is 10.6 Å². The normalized spacial score (nSPS) is 18.6. The Morgan fingerprint density at radius 3 is 2.55 bits per heavy atom. The van der Waals surface area contributed by atoms with E-state index < -0.39 is 17.3 Å². The third kappa shape index (κ3) is 8.04. The van der Waals surface area contributed by atoms with E-state index in [4.69, 9.17) is 23.7 Å². The maximum absolute atomic E-state index is 15.5. The molecule has 0 aromatic heterocycles. The van der Waals surface area contributed by atoms with Gasteiger partial charge in [0.1, 0.15) is 23.9 Å². The van der Waals surface area contributed by atoms with Crippen LogP contribution < -0.4 is 24.8 Å². The molecule has 1 fully saturated rings. The van der Waals surface area contributed by atoms with Crippen LogP contribution >= 0.6 is 0 Å². The summed E-state index contributed by atoms with van der Waals surface area (Å²) in [5, 5.41) is 6.53. The van der Waals surface area contributed by atoms with Crippen LogP contribution in [0.5, 0.6) is 23.0 Å². The van der Waals surface area contributed by atoms with Crippen molar-refractivity contribution in [2.24, 2.45) is 0 Å². The first-order valence-corrected chi connectivity index (χ1v) is 16.5. The molecule has 256 valence electrons. The molecule has 1 unspecified atom stereocenters. The zero-order valence-corrected chi connectivity index (χ0v) is 28.0. The number of anilines is 1. The molecule has 0 saturated carbocycles. The molecular formula is C39H41FN2O7. The Morgan fingerprint density at radius 2 is 1.82 bits per heavy atom. The van der Waals surface area contributed by atoms with E-state index in [-0.39, 0.29) is 24.2 Å². The second kappa shape index (κ2) is 15.1. The summed E-state index contributed by atoms with van der Waals surface area (Å²) >= 11 is 0.